The van der Waals surface area contributed by atoms with Crippen LogP contribution in [0.4, 0.5) is 4.39 Å². The van der Waals surface area contributed by atoms with Crippen LogP contribution in [0.25, 0.3) is 11.0 Å². The molecule has 0 unspecified atom stereocenters. The fraction of sp³-hybridized carbons (Fsp3) is 0.471. The zero-order valence-electron chi connectivity index (χ0n) is 12.5. The van der Waals surface area contributed by atoms with E-state index in [2.05, 4.69) is 0 Å². The SMILES string of the molecule is Cc1c(C(=O)N2CCO[C@H]3CCC[C@@H]32)oc2c(F)cccc12. The molecular formula is C17H18FNO3. The summed E-state index contributed by atoms with van der Waals surface area (Å²) in [4.78, 5) is 14.7. The van der Waals surface area contributed by atoms with Crippen LogP contribution in [-0.2, 0) is 4.74 Å². The Bertz CT molecular complexity index is 739. The zero-order chi connectivity index (χ0) is 15.3. The fourth-order valence-corrected chi connectivity index (χ4v) is 3.72. The van der Waals surface area contributed by atoms with E-state index < -0.39 is 5.82 Å². The second kappa shape index (κ2) is 5.09. The molecule has 2 heterocycles. The monoisotopic (exact) mass is 303 g/mol. The van der Waals surface area contributed by atoms with Gasteiger partial charge in [0.1, 0.15) is 0 Å². The van der Waals surface area contributed by atoms with Gasteiger partial charge in [0.2, 0.25) is 0 Å². The third-order valence-corrected chi connectivity index (χ3v) is 4.85. The summed E-state index contributed by atoms with van der Waals surface area (Å²) < 4.78 is 25.2. The third-order valence-electron chi connectivity index (χ3n) is 4.85. The maximum atomic E-state index is 13.9. The number of hydrogen-bond acceptors (Lipinski definition) is 3. The average Bonchev–Trinajstić information content (AvgIpc) is 3.12. The number of carbonyl (C=O) groups is 1. The lowest BCUT2D eigenvalue weighted by molar-refractivity contribution is -0.0454. The summed E-state index contributed by atoms with van der Waals surface area (Å²) in [6.07, 6.45) is 3.18. The van der Waals surface area contributed by atoms with E-state index in [1.54, 1.807) is 12.1 Å². The van der Waals surface area contributed by atoms with Gasteiger partial charge in [0.05, 0.1) is 18.8 Å². The number of benzene rings is 1. The molecule has 0 N–H and O–H groups in total. The molecule has 116 valence electrons. The van der Waals surface area contributed by atoms with Crippen molar-refractivity contribution >= 4 is 16.9 Å². The molecule has 1 aliphatic carbocycles. The van der Waals surface area contributed by atoms with E-state index in [0.717, 1.165) is 19.3 Å². The van der Waals surface area contributed by atoms with Gasteiger partial charge in [-0.15, -0.1) is 0 Å². The number of ether oxygens (including phenoxy) is 1. The first-order valence-corrected chi connectivity index (χ1v) is 7.77. The van der Waals surface area contributed by atoms with Crippen LogP contribution in [0.1, 0.15) is 35.4 Å². The van der Waals surface area contributed by atoms with Gasteiger partial charge in [-0.1, -0.05) is 12.1 Å². The van der Waals surface area contributed by atoms with Gasteiger partial charge in [-0.05, 0) is 32.3 Å². The lowest BCUT2D eigenvalue weighted by Crippen LogP contribution is -2.51. The van der Waals surface area contributed by atoms with E-state index >= 15 is 0 Å². The molecule has 1 aromatic heterocycles. The predicted octanol–water partition coefficient (Wildman–Crippen LogP) is 3.27. The number of fused-ring (bicyclic) bond motifs is 2. The fourth-order valence-electron chi connectivity index (χ4n) is 3.72. The molecule has 1 saturated heterocycles. The number of amides is 1. The molecule has 1 amide bonds. The maximum absolute atomic E-state index is 13.9. The van der Waals surface area contributed by atoms with Crippen molar-refractivity contribution in [1.82, 2.24) is 4.90 Å². The summed E-state index contributed by atoms with van der Waals surface area (Å²) in [7, 11) is 0. The van der Waals surface area contributed by atoms with Gasteiger partial charge in [0, 0.05) is 17.5 Å². The van der Waals surface area contributed by atoms with Crippen LogP contribution in [0.2, 0.25) is 0 Å². The lowest BCUT2D eigenvalue weighted by Gasteiger charge is -2.37. The number of carbonyl (C=O) groups excluding carboxylic acids is 1. The minimum Gasteiger partial charge on any atom is -0.448 e. The van der Waals surface area contributed by atoms with Crippen molar-refractivity contribution in [2.45, 2.75) is 38.3 Å². The number of nitrogens with zero attached hydrogens (tertiary/aromatic N) is 1. The van der Waals surface area contributed by atoms with Crippen molar-refractivity contribution in [1.29, 1.82) is 0 Å². The van der Waals surface area contributed by atoms with Crippen molar-refractivity contribution in [2.75, 3.05) is 13.2 Å². The molecule has 22 heavy (non-hydrogen) atoms. The van der Waals surface area contributed by atoms with Crippen molar-refractivity contribution in [3.8, 4) is 0 Å². The van der Waals surface area contributed by atoms with Crippen molar-refractivity contribution in [3.05, 3.63) is 35.3 Å². The van der Waals surface area contributed by atoms with Gasteiger partial charge in [0.15, 0.2) is 17.2 Å². The van der Waals surface area contributed by atoms with E-state index in [1.807, 2.05) is 11.8 Å². The van der Waals surface area contributed by atoms with Crippen molar-refractivity contribution in [2.24, 2.45) is 0 Å². The molecule has 4 nitrogen and oxygen atoms in total. The molecule has 2 fully saturated rings. The van der Waals surface area contributed by atoms with Gasteiger partial charge in [-0.3, -0.25) is 4.79 Å². The first-order valence-electron chi connectivity index (χ1n) is 7.77. The Kier molecular flexibility index (Phi) is 3.18. The smallest absolute Gasteiger partial charge is 0.290 e. The molecule has 2 aliphatic rings. The summed E-state index contributed by atoms with van der Waals surface area (Å²) >= 11 is 0. The summed E-state index contributed by atoms with van der Waals surface area (Å²) in [5.74, 6) is -0.318. The number of morpholine rings is 1. The van der Waals surface area contributed by atoms with Crippen LogP contribution in [0.3, 0.4) is 0 Å². The highest BCUT2D eigenvalue weighted by Gasteiger charge is 2.40. The molecule has 4 rings (SSSR count). The number of hydrogen-bond donors (Lipinski definition) is 0. The number of aryl methyl sites for hydroxylation is 1. The highest BCUT2D eigenvalue weighted by atomic mass is 19.1. The number of furan rings is 1. The van der Waals surface area contributed by atoms with Crippen LogP contribution < -0.4 is 0 Å². The van der Waals surface area contributed by atoms with E-state index in [9.17, 15) is 9.18 Å². The maximum Gasteiger partial charge on any atom is 0.290 e. The van der Waals surface area contributed by atoms with E-state index in [0.29, 0.717) is 24.1 Å². The molecular weight excluding hydrogens is 285 g/mol. The van der Waals surface area contributed by atoms with Crippen LogP contribution in [0.5, 0.6) is 0 Å². The Labute approximate surface area is 127 Å². The van der Waals surface area contributed by atoms with Gasteiger partial charge in [-0.2, -0.15) is 0 Å². The Balaban J connectivity index is 1.73. The molecule has 1 aliphatic heterocycles. The molecule has 2 aromatic rings. The molecule has 1 saturated carbocycles. The number of rotatable bonds is 1. The first kappa shape index (κ1) is 13.8. The second-order valence-corrected chi connectivity index (χ2v) is 6.08. The van der Waals surface area contributed by atoms with E-state index in [-0.39, 0.29) is 29.4 Å². The number of halogens is 1. The zero-order valence-corrected chi connectivity index (χ0v) is 12.5. The normalized spacial score (nSPS) is 24.7. The molecule has 1 aromatic carbocycles. The molecule has 5 heteroatoms. The Morgan fingerprint density at radius 2 is 2.23 bits per heavy atom. The predicted molar refractivity (Wildman–Crippen MR) is 79.3 cm³/mol. The molecule has 0 bridgehead atoms. The minimum atomic E-state index is -0.430. The van der Waals surface area contributed by atoms with Crippen molar-refractivity contribution in [3.63, 3.8) is 0 Å². The van der Waals surface area contributed by atoms with Crippen LogP contribution in [-0.4, -0.2) is 36.1 Å². The summed E-state index contributed by atoms with van der Waals surface area (Å²) in [5, 5.41) is 0.666. The standard InChI is InChI=1S/C17H18FNO3/c1-10-11-4-2-5-12(18)16(11)22-15(10)17(20)19-8-9-21-14-7-3-6-13(14)19/h2,4-5,13-14H,3,6-9H2,1H3/t13-,14-/m0/s1. The van der Waals surface area contributed by atoms with Crippen LogP contribution in [0, 0.1) is 12.7 Å². The molecule has 2 atom stereocenters. The van der Waals surface area contributed by atoms with Crippen LogP contribution in [0.15, 0.2) is 22.6 Å². The van der Waals surface area contributed by atoms with E-state index in [1.165, 1.54) is 6.07 Å². The largest absolute Gasteiger partial charge is 0.448 e. The first-order chi connectivity index (χ1) is 10.7. The minimum absolute atomic E-state index is 0.124. The Morgan fingerprint density at radius 3 is 3.05 bits per heavy atom. The highest BCUT2D eigenvalue weighted by Crippen LogP contribution is 2.33. The molecule has 0 spiro atoms. The van der Waals surface area contributed by atoms with Crippen molar-refractivity contribution < 1.29 is 18.3 Å². The third kappa shape index (κ3) is 1.96. The topological polar surface area (TPSA) is 42.7 Å². The highest BCUT2D eigenvalue weighted by molar-refractivity contribution is 5.99. The van der Waals surface area contributed by atoms with Gasteiger partial charge in [0.25, 0.3) is 5.91 Å². The summed E-state index contributed by atoms with van der Waals surface area (Å²) in [6, 6.07) is 4.89. The summed E-state index contributed by atoms with van der Waals surface area (Å²) in [6.45, 7) is 2.94. The van der Waals surface area contributed by atoms with E-state index in [4.69, 9.17) is 9.15 Å². The lowest BCUT2D eigenvalue weighted by atomic mass is 10.1. The number of para-hydroxylation sites is 1. The van der Waals surface area contributed by atoms with Gasteiger partial charge >= 0.3 is 0 Å². The summed E-state index contributed by atoms with van der Waals surface area (Å²) in [5.41, 5.74) is 0.875. The quantitative estimate of drug-likeness (QED) is 0.812. The Morgan fingerprint density at radius 1 is 1.36 bits per heavy atom. The molecule has 0 radical (unpaired) electrons. The van der Waals surface area contributed by atoms with Gasteiger partial charge < -0.3 is 14.1 Å². The van der Waals surface area contributed by atoms with Gasteiger partial charge in [-0.25, -0.2) is 4.39 Å². The Hall–Kier alpha value is -1.88. The second-order valence-electron chi connectivity index (χ2n) is 6.08. The van der Waals surface area contributed by atoms with Crippen LogP contribution >= 0.6 is 0 Å². The average molecular weight is 303 g/mol.